The van der Waals surface area contributed by atoms with E-state index in [1.54, 1.807) is 6.07 Å². The Labute approximate surface area is 134 Å². The minimum absolute atomic E-state index is 0.0149. The van der Waals surface area contributed by atoms with Gasteiger partial charge in [-0.2, -0.15) is 0 Å². The van der Waals surface area contributed by atoms with Gasteiger partial charge in [-0.05, 0) is 22.9 Å². The molecule has 0 fully saturated rings. The lowest BCUT2D eigenvalue weighted by atomic mass is 9.99. The van der Waals surface area contributed by atoms with E-state index >= 15 is 0 Å². The molecule has 4 nitrogen and oxygen atoms in total. The SMILES string of the molecule is CC(C)[C@H](NC(=O)OCc1ccccc1)C(=O)c1cccs1. The van der Waals surface area contributed by atoms with Crippen molar-refractivity contribution in [2.75, 3.05) is 0 Å². The highest BCUT2D eigenvalue weighted by molar-refractivity contribution is 7.12. The van der Waals surface area contributed by atoms with Gasteiger partial charge < -0.3 is 10.1 Å². The lowest BCUT2D eigenvalue weighted by Gasteiger charge is -2.20. The second-order valence-corrected chi connectivity index (χ2v) is 6.22. The molecule has 2 aromatic rings. The van der Waals surface area contributed by atoms with Crippen LogP contribution in [0.2, 0.25) is 0 Å². The molecule has 0 saturated heterocycles. The Hall–Kier alpha value is -2.14. The molecule has 0 saturated carbocycles. The van der Waals surface area contributed by atoms with Gasteiger partial charge in [0.05, 0.1) is 10.9 Å². The predicted octanol–water partition coefficient (Wildman–Crippen LogP) is 3.88. The van der Waals surface area contributed by atoms with Gasteiger partial charge in [0, 0.05) is 0 Å². The fourth-order valence-corrected chi connectivity index (χ4v) is 2.70. The van der Waals surface area contributed by atoms with Crippen LogP contribution < -0.4 is 5.32 Å². The Bertz CT molecular complexity index is 608. The zero-order valence-corrected chi connectivity index (χ0v) is 13.4. The third kappa shape index (κ3) is 4.43. The molecule has 22 heavy (non-hydrogen) atoms. The number of Topliss-reactive ketones (excluding diaryl/α,β-unsaturated/α-hetero) is 1. The third-order valence-corrected chi connectivity index (χ3v) is 4.08. The Morgan fingerprint density at radius 1 is 1.14 bits per heavy atom. The van der Waals surface area contributed by atoms with E-state index in [1.807, 2.05) is 55.6 Å². The first-order valence-electron chi connectivity index (χ1n) is 7.13. The third-order valence-electron chi connectivity index (χ3n) is 3.20. The van der Waals surface area contributed by atoms with Crippen LogP contribution in [0.15, 0.2) is 47.8 Å². The zero-order valence-electron chi connectivity index (χ0n) is 12.6. The molecule has 2 rings (SSSR count). The van der Waals surface area contributed by atoms with E-state index in [2.05, 4.69) is 5.32 Å². The van der Waals surface area contributed by atoms with Crippen LogP contribution >= 0.6 is 11.3 Å². The monoisotopic (exact) mass is 317 g/mol. The molecular weight excluding hydrogens is 298 g/mol. The van der Waals surface area contributed by atoms with Crippen LogP contribution in [0.25, 0.3) is 0 Å². The summed E-state index contributed by atoms with van der Waals surface area (Å²) < 4.78 is 5.18. The number of alkyl carbamates (subject to hydrolysis) is 1. The molecule has 0 unspecified atom stereocenters. The van der Waals surface area contributed by atoms with Crippen molar-refractivity contribution >= 4 is 23.2 Å². The first-order chi connectivity index (χ1) is 10.6. The topological polar surface area (TPSA) is 55.4 Å². The molecular formula is C17H19NO3S. The van der Waals surface area contributed by atoms with Crippen molar-refractivity contribution in [2.24, 2.45) is 5.92 Å². The average Bonchev–Trinajstić information content (AvgIpc) is 3.05. The molecule has 5 heteroatoms. The van der Waals surface area contributed by atoms with Crippen LogP contribution in [0.1, 0.15) is 29.1 Å². The minimum Gasteiger partial charge on any atom is -0.445 e. The lowest BCUT2D eigenvalue weighted by Crippen LogP contribution is -2.44. The van der Waals surface area contributed by atoms with E-state index in [-0.39, 0.29) is 18.3 Å². The average molecular weight is 317 g/mol. The van der Waals surface area contributed by atoms with Crippen molar-refractivity contribution in [3.05, 3.63) is 58.3 Å². The number of ether oxygens (including phenoxy) is 1. The Morgan fingerprint density at radius 2 is 1.86 bits per heavy atom. The molecule has 0 spiro atoms. The molecule has 0 bridgehead atoms. The van der Waals surface area contributed by atoms with E-state index < -0.39 is 12.1 Å². The Kier molecular flexibility index (Phi) is 5.72. The van der Waals surface area contributed by atoms with E-state index in [4.69, 9.17) is 4.74 Å². The summed E-state index contributed by atoms with van der Waals surface area (Å²) in [5.41, 5.74) is 0.906. The summed E-state index contributed by atoms with van der Waals surface area (Å²) in [7, 11) is 0. The van der Waals surface area contributed by atoms with Crippen LogP contribution in [-0.2, 0) is 11.3 Å². The second-order valence-electron chi connectivity index (χ2n) is 5.27. The van der Waals surface area contributed by atoms with Crippen LogP contribution in [0.3, 0.4) is 0 Å². The van der Waals surface area contributed by atoms with Crippen molar-refractivity contribution < 1.29 is 14.3 Å². The number of amides is 1. The Morgan fingerprint density at radius 3 is 2.45 bits per heavy atom. The highest BCUT2D eigenvalue weighted by Crippen LogP contribution is 2.15. The van der Waals surface area contributed by atoms with E-state index in [1.165, 1.54) is 11.3 Å². The van der Waals surface area contributed by atoms with Crippen LogP contribution in [0.5, 0.6) is 0 Å². The number of carbonyl (C=O) groups excluding carboxylic acids is 2. The fourth-order valence-electron chi connectivity index (χ4n) is 2.00. The molecule has 0 aliphatic heterocycles. The van der Waals surface area contributed by atoms with Crippen molar-refractivity contribution in [2.45, 2.75) is 26.5 Å². The molecule has 116 valence electrons. The largest absolute Gasteiger partial charge is 0.445 e. The van der Waals surface area contributed by atoms with Crippen LogP contribution in [0.4, 0.5) is 4.79 Å². The van der Waals surface area contributed by atoms with E-state index in [9.17, 15) is 9.59 Å². The summed E-state index contributed by atoms with van der Waals surface area (Å²) in [6.45, 7) is 3.98. The number of thiophene rings is 1. The number of carbonyl (C=O) groups is 2. The second kappa shape index (κ2) is 7.75. The van der Waals surface area contributed by atoms with Gasteiger partial charge >= 0.3 is 6.09 Å². The molecule has 1 amide bonds. The fraction of sp³-hybridized carbons (Fsp3) is 0.294. The summed E-state index contributed by atoms with van der Waals surface area (Å²) in [6.07, 6.45) is -0.576. The van der Waals surface area contributed by atoms with E-state index in [0.717, 1.165) is 5.56 Å². The first-order valence-corrected chi connectivity index (χ1v) is 8.01. The molecule has 0 radical (unpaired) electrons. The standard InChI is InChI=1S/C17H19NO3S/c1-12(2)15(16(19)14-9-6-10-22-14)18-17(20)21-11-13-7-4-3-5-8-13/h3-10,12,15H,11H2,1-2H3,(H,18,20)/t15-/m0/s1. The van der Waals surface area contributed by atoms with Gasteiger partial charge in [-0.1, -0.05) is 50.2 Å². The predicted molar refractivity (Wildman–Crippen MR) is 87.0 cm³/mol. The maximum atomic E-state index is 12.4. The minimum atomic E-state index is -0.582. The van der Waals surface area contributed by atoms with Gasteiger partial charge in [-0.3, -0.25) is 4.79 Å². The first kappa shape index (κ1) is 16.2. The summed E-state index contributed by atoms with van der Waals surface area (Å²) in [5.74, 6) is -0.0967. The lowest BCUT2D eigenvalue weighted by molar-refractivity contribution is 0.0890. The molecule has 1 aromatic heterocycles. The smallest absolute Gasteiger partial charge is 0.408 e. The number of hydrogen-bond acceptors (Lipinski definition) is 4. The number of hydrogen-bond donors (Lipinski definition) is 1. The van der Waals surface area contributed by atoms with Crippen LogP contribution in [0, 0.1) is 5.92 Å². The summed E-state index contributed by atoms with van der Waals surface area (Å²) in [4.78, 5) is 25.0. The number of rotatable bonds is 6. The quantitative estimate of drug-likeness (QED) is 0.823. The summed E-state index contributed by atoms with van der Waals surface area (Å²) in [6, 6.07) is 12.4. The molecule has 0 aliphatic rings. The van der Waals surface area contributed by atoms with Gasteiger partial charge in [-0.25, -0.2) is 4.79 Å². The van der Waals surface area contributed by atoms with Crippen LogP contribution in [-0.4, -0.2) is 17.9 Å². The number of nitrogens with one attached hydrogen (secondary N) is 1. The number of benzene rings is 1. The van der Waals surface area contributed by atoms with Gasteiger partial charge in [-0.15, -0.1) is 11.3 Å². The van der Waals surface area contributed by atoms with Crippen molar-refractivity contribution in [3.63, 3.8) is 0 Å². The molecule has 1 atom stereocenters. The normalized spacial score (nSPS) is 12.0. The van der Waals surface area contributed by atoms with Crippen molar-refractivity contribution in [1.82, 2.24) is 5.32 Å². The Balaban J connectivity index is 1.93. The molecule has 1 aromatic carbocycles. The highest BCUT2D eigenvalue weighted by Gasteiger charge is 2.26. The van der Waals surface area contributed by atoms with Gasteiger partial charge in [0.25, 0.3) is 0 Å². The highest BCUT2D eigenvalue weighted by atomic mass is 32.1. The maximum Gasteiger partial charge on any atom is 0.408 e. The van der Waals surface area contributed by atoms with E-state index in [0.29, 0.717) is 4.88 Å². The summed E-state index contributed by atoms with van der Waals surface area (Å²) >= 11 is 1.37. The number of ketones is 1. The summed E-state index contributed by atoms with van der Waals surface area (Å²) in [5, 5.41) is 4.52. The van der Waals surface area contributed by atoms with Crippen molar-refractivity contribution in [3.8, 4) is 0 Å². The maximum absolute atomic E-state index is 12.4. The van der Waals surface area contributed by atoms with Gasteiger partial charge in [0.2, 0.25) is 0 Å². The molecule has 0 aliphatic carbocycles. The molecule has 1 N–H and O–H groups in total. The van der Waals surface area contributed by atoms with Gasteiger partial charge in [0.15, 0.2) is 5.78 Å². The van der Waals surface area contributed by atoms with Gasteiger partial charge in [0.1, 0.15) is 6.61 Å². The zero-order chi connectivity index (χ0) is 15.9. The van der Waals surface area contributed by atoms with Crippen molar-refractivity contribution in [1.29, 1.82) is 0 Å². The molecule has 1 heterocycles.